The van der Waals surface area contributed by atoms with Crippen LogP contribution in [0.5, 0.6) is 0 Å². The molecule has 140 valence electrons. The van der Waals surface area contributed by atoms with Gasteiger partial charge in [-0.15, -0.1) is 0 Å². The number of likely N-dealkylation sites (N-methyl/N-ethyl adjacent to an activating group) is 1. The van der Waals surface area contributed by atoms with E-state index in [-0.39, 0.29) is 29.6 Å². The number of benzene rings is 1. The van der Waals surface area contributed by atoms with Crippen LogP contribution in [0.25, 0.3) is 0 Å². The smallest absolute Gasteiger partial charge is 0.282 e. The molecule has 1 fully saturated rings. The molecule has 1 heterocycles. The van der Waals surface area contributed by atoms with Gasteiger partial charge >= 0.3 is 0 Å². The second-order valence-corrected chi connectivity index (χ2v) is 8.40. The van der Waals surface area contributed by atoms with Crippen molar-refractivity contribution in [1.82, 2.24) is 18.8 Å². The van der Waals surface area contributed by atoms with Gasteiger partial charge in [0.15, 0.2) is 0 Å². The number of nitrogens with zero attached hydrogens (tertiary/aromatic N) is 3. The monoisotopic (exact) mass is 392 g/mol. The summed E-state index contributed by atoms with van der Waals surface area (Å²) >= 11 is 5.95. The summed E-state index contributed by atoms with van der Waals surface area (Å²) in [6, 6.07) is 4.17. The molecule has 0 bridgehead atoms. The zero-order chi connectivity index (χ0) is 18.6. The van der Waals surface area contributed by atoms with E-state index in [0.29, 0.717) is 26.2 Å². The molecule has 1 amide bonds. The zero-order valence-electron chi connectivity index (χ0n) is 14.2. The lowest BCUT2D eigenvalue weighted by Crippen LogP contribution is -2.51. The van der Waals surface area contributed by atoms with Crippen LogP contribution in [0, 0.1) is 5.82 Å². The Kier molecular flexibility index (Phi) is 6.75. The molecule has 0 radical (unpaired) electrons. The summed E-state index contributed by atoms with van der Waals surface area (Å²) in [5.74, 6) is -0.834. The number of nitrogens with one attached hydrogen (secondary N) is 1. The Morgan fingerprint density at radius 1 is 1.28 bits per heavy atom. The lowest BCUT2D eigenvalue weighted by Gasteiger charge is -2.30. The third-order valence-corrected chi connectivity index (χ3v) is 6.25. The van der Waals surface area contributed by atoms with Crippen LogP contribution in [-0.4, -0.2) is 74.7 Å². The highest BCUT2D eigenvalue weighted by molar-refractivity contribution is 7.86. The van der Waals surface area contributed by atoms with Crippen LogP contribution in [0.3, 0.4) is 0 Å². The largest absolute Gasteiger partial charge is 0.339 e. The topological polar surface area (TPSA) is 73.0 Å². The van der Waals surface area contributed by atoms with Crippen molar-refractivity contribution >= 4 is 27.7 Å². The standard InChI is InChI=1S/C15H22ClFN4O3S/c1-19(10-12-13(16)4-3-5-14(12)17)25(23,24)20(2)11-15(22)21-8-6-18-7-9-21/h3-5,18H,6-11H2,1-2H3. The van der Waals surface area contributed by atoms with Crippen molar-refractivity contribution < 1.29 is 17.6 Å². The Labute approximate surface area is 152 Å². The lowest BCUT2D eigenvalue weighted by molar-refractivity contribution is -0.131. The molecule has 1 aromatic rings. The van der Waals surface area contributed by atoms with Crippen molar-refractivity contribution in [2.75, 3.05) is 46.8 Å². The highest BCUT2D eigenvalue weighted by Gasteiger charge is 2.28. The molecule has 0 aromatic heterocycles. The molecule has 1 aliphatic rings. The molecule has 0 spiro atoms. The Hall–Kier alpha value is -1.26. The van der Waals surface area contributed by atoms with E-state index in [4.69, 9.17) is 11.6 Å². The first-order chi connectivity index (χ1) is 11.7. The molecule has 0 unspecified atom stereocenters. The molecular formula is C15H22ClFN4O3S. The summed E-state index contributed by atoms with van der Waals surface area (Å²) in [6.07, 6.45) is 0. The van der Waals surface area contributed by atoms with E-state index in [0.717, 1.165) is 8.61 Å². The number of hydrogen-bond donors (Lipinski definition) is 1. The van der Waals surface area contributed by atoms with Crippen LogP contribution < -0.4 is 5.32 Å². The summed E-state index contributed by atoms with van der Waals surface area (Å²) in [6.45, 7) is 1.99. The average molecular weight is 393 g/mol. The van der Waals surface area contributed by atoms with Gasteiger partial charge in [-0.05, 0) is 12.1 Å². The minimum Gasteiger partial charge on any atom is -0.339 e. The molecule has 2 rings (SSSR count). The van der Waals surface area contributed by atoms with Crippen LogP contribution in [-0.2, 0) is 21.5 Å². The number of carbonyl (C=O) groups is 1. The first-order valence-electron chi connectivity index (χ1n) is 7.82. The highest BCUT2D eigenvalue weighted by atomic mass is 35.5. The van der Waals surface area contributed by atoms with Crippen molar-refractivity contribution in [3.8, 4) is 0 Å². The minimum absolute atomic E-state index is 0.0945. The number of halogens is 2. The van der Waals surface area contributed by atoms with Gasteiger partial charge in [0.2, 0.25) is 5.91 Å². The fourth-order valence-corrected chi connectivity index (χ4v) is 3.78. The molecule has 0 saturated carbocycles. The van der Waals surface area contributed by atoms with E-state index in [2.05, 4.69) is 5.32 Å². The maximum atomic E-state index is 13.9. The van der Waals surface area contributed by atoms with Gasteiger partial charge in [0.1, 0.15) is 5.82 Å². The molecule has 0 aliphatic carbocycles. The molecule has 1 aromatic carbocycles. The Morgan fingerprint density at radius 3 is 2.52 bits per heavy atom. The second-order valence-electron chi connectivity index (χ2n) is 5.85. The third kappa shape index (κ3) is 4.89. The van der Waals surface area contributed by atoms with Crippen molar-refractivity contribution in [3.05, 3.63) is 34.6 Å². The van der Waals surface area contributed by atoms with Crippen LogP contribution in [0.2, 0.25) is 5.02 Å². The SMILES string of the molecule is CN(CC(=O)N1CCNCC1)S(=O)(=O)N(C)Cc1c(F)cccc1Cl. The van der Waals surface area contributed by atoms with E-state index in [1.165, 1.54) is 32.3 Å². The van der Waals surface area contributed by atoms with E-state index >= 15 is 0 Å². The molecule has 1 saturated heterocycles. The quantitative estimate of drug-likeness (QED) is 0.766. The second kappa shape index (κ2) is 8.41. The number of amides is 1. The van der Waals surface area contributed by atoms with Gasteiger partial charge in [0.05, 0.1) is 6.54 Å². The average Bonchev–Trinajstić information content (AvgIpc) is 2.58. The van der Waals surface area contributed by atoms with Crippen molar-refractivity contribution in [2.45, 2.75) is 6.54 Å². The van der Waals surface area contributed by atoms with Crippen molar-refractivity contribution in [1.29, 1.82) is 0 Å². The molecule has 7 nitrogen and oxygen atoms in total. The van der Waals surface area contributed by atoms with E-state index in [9.17, 15) is 17.6 Å². The van der Waals surface area contributed by atoms with Gasteiger partial charge < -0.3 is 10.2 Å². The number of carbonyl (C=O) groups excluding carboxylic acids is 1. The predicted molar refractivity (Wildman–Crippen MR) is 93.9 cm³/mol. The first kappa shape index (κ1) is 20.1. The number of hydrogen-bond acceptors (Lipinski definition) is 4. The van der Waals surface area contributed by atoms with Gasteiger partial charge in [0.25, 0.3) is 10.2 Å². The maximum absolute atomic E-state index is 13.9. The zero-order valence-corrected chi connectivity index (χ0v) is 15.8. The summed E-state index contributed by atoms with van der Waals surface area (Å²) < 4.78 is 41.0. The fraction of sp³-hybridized carbons (Fsp3) is 0.533. The maximum Gasteiger partial charge on any atom is 0.282 e. The van der Waals surface area contributed by atoms with Gasteiger partial charge in [-0.2, -0.15) is 17.0 Å². The Bertz CT molecular complexity index is 705. The highest BCUT2D eigenvalue weighted by Crippen LogP contribution is 2.21. The number of piperazine rings is 1. The van der Waals surface area contributed by atoms with Crippen LogP contribution in [0.15, 0.2) is 18.2 Å². The summed E-state index contributed by atoms with van der Waals surface area (Å²) in [4.78, 5) is 13.9. The first-order valence-corrected chi connectivity index (χ1v) is 9.60. The fourth-order valence-electron chi connectivity index (χ4n) is 2.51. The van der Waals surface area contributed by atoms with Gasteiger partial charge in [-0.25, -0.2) is 4.39 Å². The van der Waals surface area contributed by atoms with Crippen LogP contribution >= 0.6 is 11.6 Å². The van der Waals surface area contributed by atoms with Gasteiger partial charge in [-0.3, -0.25) is 4.79 Å². The summed E-state index contributed by atoms with van der Waals surface area (Å²) in [7, 11) is -1.27. The molecule has 1 aliphatic heterocycles. The minimum atomic E-state index is -3.93. The predicted octanol–water partition coefficient (Wildman–Crippen LogP) is 0.519. The lowest BCUT2D eigenvalue weighted by atomic mass is 10.2. The van der Waals surface area contributed by atoms with E-state index in [1.807, 2.05) is 0 Å². The van der Waals surface area contributed by atoms with E-state index < -0.39 is 16.0 Å². The van der Waals surface area contributed by atoms with Crippen molar-refractivity contribution in [2.24, 2.45) is 0 Å². The Balaban J connectivity index is 2.04. The summed E-state index contributed by atoms with van der Waals surface area (Å²) in [5, 5.41) is 3.28. The normalized spacial score (nSPS) is 15.8. The van der Waals surface area contributed by atoms with Crippen LogP contribution in [0.4, 0.5) is 4.39 Å². The molecule has 10 heteroatoms. The number of rotatable bonds is 6. The third-order valence-electron chi connectivity index (χ3n) is 4.06. The molecule has 25 heavy (non-hydrogen) atoms. The van der Waals surface area contributed by atoms with Crippen molar-refractivity contribution in [3.63, 3.8) is 0 Å². The van der Waals surface area contributed by atoms with Gasteiger partial charge in [-0.1, -0.05) is 17.7 Å². The van der Waals surface area contributed by atoms with Crippen LogP contribution in [0.1, 0.15) is 5.56 Å². The molecule has 1 N–H and O–H groups in total. The Morgan fingerprint density at radius 2 is 1.92 bits per heavy atom. The summed E-state index contributed by atoms with van der Waals surface area (Å²) in [5.41, 5.74) is 0.0945. The van der Waals surface area contributed by atoms with Gasteiger partial charge in [0, 0.05) is 57.4 Å². The molecular weight excluding hydrogens is 371 g/mol. The van der Waals surface area contributed by atoms with E-state index in [1.54, 1.807) is 4.90 Å². The molecule has 0 atom stereocenters.